The summed E-state index contributed by atoms with van der Waals surface area (Å²) >= 11 is 0. The van der Waals surface area contributed by atoms with E-state index >= 15 is 0 Å². The number of nitrogens with two attached hydrogens (primary N) is 1. The van der Waals surface area contributed by atoms with Crippen LogP contribution in [0.1, 0.15) is 20.8 Å². The summed E-state index contributed by atoms with van der Waals surface area (Å²) in [6, 6.07) is 1.76. The van der Waals surface area contributed by atoms with Crippen molar-refractivity contribution in [2.45, 2.75) is 20.8 Å². The first-order valence-corrected chi connectivity index (χ1v) is 6.23. The lowest BCUT2D eigenvalue weighted by Gasteiger charge is -2.23. The average molecular weight is 266 g/mol. The minimum absolute atomic E-state index is 0.0334. The van der Waals surface area contributed by atoms with Crippen LogP contribution < -0.4 is 21.7 Å². The average Bonchev–Trinajstić information content (AvgIpc) is 2.35. The fourth-order valence-corrected chi connectivity index (χ4v) is 1.56. The zero-order valence-electron chi connectivity index (χ0n) is 11.9. The van der Waals surface area contributed by atoms with Crippen LogP contribution in [0.3, 0.4) is 0 Å². The Balaban J connectivity index is 2.74. The normalized spacial score (nSPS) is 10.9. The van der Waals surface area contributed by atoms with Gasteiger partial charge >= 0.3 is 0 Å². The van der Waals surface area contributed by atoms with Crippen LogP contribution in [-0.4, -0.2) is 36.0 Å². The molecule has 1 amide bonds. The molecule has 0 aliphatic carbocycles. The third-order valence-electron chi connectivity index (χ3n) is 2.65. The molecule has 0 saturated carbocycles. The number of aromatic nitrogens is 2. The van der Waals surface area contributed by atoms with Gasteiger partial charge in [0.25, 0.3) is 0 Å². The molecule has 106 valence electrons. The predicted octanol–water partition coefficient (Wildman–Crippen LogP) is 0.675. The van der Waals surface area contributed by atoms with Gasteiger partial charge < -0.3 is 21.7 Å². The van der Waals surface area contributed by atoms with Crippen molar-refractivity contribution in [3.8, 4) is 0 Å². The van der Waals surface area contributed by atoms with Crippen LogP contribution >= 0.6 is 0 Å². The minimum Gasteiger partial charge on any atom is -0.370 e. The molecule has 0 saturated heterocycles. The summed E-state index contributed by atoms with van der Waals surface area (Å²) < 4.78 is 0. The smallest absolute Gasteiger partial charge is 0.227 e. The molecule has 0 bridgehead atoms. The van der Waals surface area contributed by atoms with E-state index in [9.17, 15) is 4.79 Å². The fraction of sp³-hybridized carbons (Fsp3) is 0.583. The van der Waals surface area contributed by atoms with Gasteiger partial charge in [0.2, 0.25) is 11.9 Å². The number of nitrogens with zero attached hydrogens (tertiary/aromatic N) is 2. The molecule has 0 unspecified atom stereocenters. The van der Waals surface area contributed by atoms with Crippen LogP contribution in [0.2, 0.25) is 0 Å². The zero-order valence-corrected chi connectivity index (χ0v) is 11.9. The first kappa shape index (κ1) is 15.0. The Kier molecular flexibility index (Phi) is 4.91. The third-order valence-corrected chi connectivity index (χ3v) is 2.65. The summed E-state index contributed by atoms with van der Waals surface area (Å²) in [5, 5.41) is 8.81. The van der Waals surface area contributed by atoms with E-state index < -0.39 is 5.41 Å². The number of anilines is 3. The van der Waals surface area contributed by atoms with Crippen molar-refractivity contribution in [2.75, 3.05) is 36.5 Å². The van der Waals surface area contributed by atoms with E-state index in [1.165, 1.54) is 0 Å². The Hall–Kier alpha value is -2.05. The first-order valence-electron chi connectivity index (χ1n) is 6.23. The van der Waals surface area contributed by atoms with E-state index in [1.807, 2.05) is 20.8 Å². The number of carbonyl (C=O) groups is 1. The van der Waals surface area contributed by atoms with Crippen LogP contribution in [0.4, 0.5) is 17.6 Å². The van der Waals surface area contributed by atoms with E-state index in [0.29, 0.717) is 18.2 Å². The van der Waals surface area contributed by atoms with Crippen LogP contribution in [0.15, 0.2) is 6.07 Å². The second-order valence-electron chi connectivity index (χ2n) is 4.84. The van der Waals surface area contributed by atoms with Gasteiger partial charge in [0.1, 0.15) is 11.6 Å². The van der Waals surface area contributed by atoms with Gasteiger partial charge in [-0.2, -0.15) is 9.97 Å². The topological polar surface area (TPSA) is 105 Å². The third kappa shape index (κ3) is 4.27. The number of carbonyl (C=O) groups excluding carboxylic acids is 1. The van der Waals surface area contributed by atoms with Crippen molar-refractivity contribution in [1.29, 1.82) is 0 Å². The summed E-state index contributed by atoms with van der Waals surface area (Å²) in [5.74, 6) is 1.42. The molecule has 0 fully saturated rings. The van der Waals surface area contributed by atoms with E-state index in [2.05, 4.69) is 25.9 Å². The number of nitrogens with one attached hydrogen (secondary N) is 3. The lowest BCUT2D eigenvalue weighted by molar-refractivity contribution is -0.128. The van der Waals surface area contributed by atoms with Gasteiger partial charge in [0, 0.05) is 26.2 Å². The molecular formula is C12H22N6O. The molecule has 1 aromatic rings. The second kappa shape index (κ2) is 6.21. The Morgan fingerprint density at radius 1 is 1.32 bits per heavy atom. The number of amides is 1. The quantitative estimate of drug-likeness (QED) is 0.603. The van der Waals surface area contributed by atoms with Gasteiger partial charge in [0.15, 0.2) is 0 Å². The van der Waals surface area contributed by atoms with Gasteiger partial charge in [-0.3, -0.25) is 4.79 Å². The van der Waals surface area contributed by atoms with Gasteiger partial charge in [-0.1, -0.05) is 0 Å². The van der Waals surface area contributed by atoms with Crippen LogP contribution in [0, 0.1) is 5.41 Å². The standard InChI is InChI=1S/C12H22N6O/c1-5-15-8-6-9(18-11(13)17-8)16-7-12(2,3)10(19)14-4/h6H,5,7H2,1-4H3,(H,14,19)(H4,13,15,16,17,18). The van der Waals surface area contributed by atoms with Gasteiger partial charge in [-0.25, -0.2) is 0 Å². The molecule has 0 spiro atoms. The summed E-state index contributed by atoms with van der Waals surface area (Å²) in [6.07, 6.45) is 0. The van der Waals surface area contributed by atoms with Gasteiger partial charge in [-0.05, 0) is 20.8 Å². The van der Waals surface area contributed by atoms with Crippen LogP contribution in [-0.2, 0) is 4.79 Å². The fourth-order valence-electron chi connectivity index (χ4n) is 1.56. The van der Waals surface area contributed by atoms with Crippen LogP contribution in [0.5, 0.6) is 0 Å². The zero-order chi connectivity index (χ0) is 14.5. The van der Waals surface area contributed by atoms with Gasteiger partial charge in [0.05, 0.1) is 5.41 Å². The summed E-state index contributed by atoms with van der Waals surface area (Å²) in [6.45, 7) is 6.89. The Morgan fingerprint density at radius 3 is 2.42 bits per heavy atom. The Morgan fingerprint density at radius 2 is 1.89 bits per heavy atom. The minimum atomic E-state index is -0.535. The molecule has 0 aromatic carbocycles. The lowest BCUT2D eigenvalue weighted by Crippen LogP contribution is -2.39. The number of rotatable bonds is 6. The Bertz CT molecular complexity index is 446. The maximum Gasteiger partial charge on any atom is 0.227 e. The van der Waals surface area contributed by atoms with Crippen molar-refractivity contribution in [3.63, 3.8) is 0 Å². The molecule has 5 N–H and O–H groups in total. The monoisotopic (exact) mass is 266 g/mol. The summed E-state index contributed by atoms with van der Waals surface area (Å²) in [4.78, 5) is 19.8. The van der Waals surface area contributed by atoms with Crippen molar-refractivity contribution in [3.05, 3.63) is 6.07 Å². The molecule has 0 atom stereocenters. The molecule has 19 heavy (non-hydrogen) atoms. The molecule has 0 radical (unpaired) electrons. The molecule has 1 aromatic heterocycles. The number of nitrogen functional groups attached to an aromatic ring is 1. The predicted molar refractivity (Wildman–Crippen MR) is 76.9 cm³/mol. The lowest BCUT2D eigenvalue weighted by atomic mass is 9.92. The largest absolute Gasteiger partial charge is 0.370 e. The maximum absolute atomic E-state index is 11.7. The maximum atomic E-state index is 11.7. The second-order valence-corrected chi connectivity index (χ2v) is 4.84. The number of hydrogen-bond acceptors (Lipinski definition) is 6. The van der Waals surface area contributed by atoms with Crippen molar-refractivity contribution < 1.29 is 4.79 Å². The SMILES string of the molecule is CCNc1cc(NCC(C)(C)C(=O)NC)nc(N)n1. The van der Waals surface area contributed by atoms with E-state index in [0.717, 1.165) is 6.54 Å². The molecular weight excluding hydrogens is 244 g/mol. The highest BCUT2D eigenvalue weighted by atomic mass is 16.2. The highest BCUT2D eigenvalue weighted by Crippen LogP contribution is 2.18. The first-order chi connectivity index (χ1) is 8.89. The summed E-state index contributed by atoms with van der Waals surface area (Å²) in [5.41, 5.74) is 5.10. The van der Waals surface area contributed by atoms with E-state index in [4.69, 9.17) is 5.73 Å². The molecule has 7 heteroatoms. The summed E-state index contributed by atoms with van der Waals surface area (Å²) in [7, 11) is 1.62. The van der Waals surface area contributed by atoms with Crippen molar-refractivity contribution in [1.82, 2.24) is 15.3 Å². The van der Waals surface area contributed by atoms with Crippen molar-refractivity contribution in [2.24, 2.45) is 5.41 Å². The highest BCUT2D eigenvalue weighted by molar-refractivity contribution is 5.82. The highest BCUT2D eigenvalue weighted by Gasteiger charge is 2.26. The van der Waals surface area contributed by atoms with E-state index in [1.54, 1.807) is 13.1 Å². The molecule has 0 aliphatic rings. The molecule has 1 rings (SSSR count). The van der Waals surface area contributed by atoms with Gasteiger partial charge in [-0.15, -0.1) is 0 Å². The van der Waals surface area contributed by atoms with E-state index in [-0.39, 0.29) is 11.9 Å². The van der Waals surface area contributed by atoms with Crippen molar-refractivity contribution >= 4 is 23.5 Å². The Labute approximate surface area is 113 Å². The molecule has 1 heterocycles. The molecule has 0 aliphatic heterocycles. The molecule has 7 nitrogen and oxygen atoms in total. The number of hydrogen-bond donors (Lipinski definition) is 4. The van der Waals surface area contributed by atoms with Crippen LogP contribution in [0.25, 0.3) is 0 Å².